The molecule has 1 aliphatic carbocycles. The van der Waals surface area contributed by atoms with Gasteiger partial charge in [-0.3, -0.25) is 4.72 Å². The summed E-state index contributed by atoms with van der Waals surface area (Å²) in [7, 11) is -3.77. The lowest BCUT2D eigenvalue weighted by Crippen LogP contribution is -2.34. The molecule has 1 N–H and O–H groups in total. The van der Waals surface area contributed by atoms with Crippen LogP contribution in [0.1, 0.15) is 25.7 Å². The van der Waals surface area contributed by atoms with Crippen molar-refractivity contribution in [3.63, 3.8) is 0 Å². The Morgan fingerprint density at radius 2 is 1.52 bits per heavy atom. The molecule has 8 heteroatoms. The van der Waals surface area contributed by atoms with Crippen LogP contribution in [-0.4, -0.2) is 27.4 Å². The normalized spacial score (nSPS) is 19.3. The standard InChI is InChI=1S/C19H19NO6S/c21-27(22,14-4-6-15-17(12-14)24-10-9-23-15)20-13-3-5-16-18(11-13)26-19(25-16)7-1-2-8-19/h3-6,11-12,20H,1-2,7-10H2. The lowest BCUT2D eigenvalue weighted by atomic mass is 10.2. The molecular formula is C19H19NO6S. The molecule has 0 atom stereocenters. The van der Waals surface area contributed by atoms with E-state index in [2.05, 4.69) is 4.72 Å². The fraction of sp³-hybridized carbons (Fsp3) is 0.368. The van der Waals surface area contributed by atoms with Gasteiger partial charge in [0.2, 0.25) is 0 Å². The highest BCUT2D eigenvalue weighted by Crippen LogP contribution is 2.47. The number of rotatable bonds is 3. The summed E-state index contributed by atoms with van der Waals surface area (Å²) in [6.45, 7) is 0.851. The Hall–Kier alpha value is -2.61. The smallest absolute Gasteiger partial charge is 0.262 e. The average Bonchev–Trinajstić information content (AvgIpc) is 3.26. The van der Waals surface area contributed by atoms with Gasteiger partial charge in [0.05, 0.1) is 10.6 Å². The third kappa shape index (κ3) is 2.93. The van der Waals surface area contributed by atoms with Crippen LogP contribution in [-0.2, 0) is 10.0 Å². The Morgan fingerprint density at radius 1 is 0.815 bits per heavy atom. The molecule has 7 nitrogen and oxygen atoms in total. The fourth-order valence-electron chi connectivity index (χ4n) is 3.68. The molecule has 5 rings (SSSR count). The topological polar surface area (TPSA) is 83.1 Å². The summed E-state index contributed by atoms with van der Waals surface area (Å²) in [5, 5.41) is 0. The van der Waals surface area contributed by atoms with E-state index in [1.807, 2.05) is 0 Å². The Kier molecular flexibility index (Phi) is 3.65. The van der Waals surface area contributed by atoms with Gasteiger partial charge in [-0.25, -0.2) is 8.42 Å². The van der Waals surface area contributed by atoms with Gasteiger partial charge in [-0.1, -0.05) is 0 Å². The van der Waals surface area contributed by atoms with Crippen LogP contribution in [0.2, 0.25) is 0 Å². The highest BCUT2D eigenvalue weighted by Gasteiger charge is 2.44. The number of nitrogens with one attached hydrogen (secondary N) is 1. The zero-order valence-corrected chi connectivity index (χ0v) is 15.4. The van der Waals surface area contributed by atoms with Crippen molar-refractivity contribution in [2.45, 2.75) is 36.4 Å². The average molecular weight is 389 g/mol. The van der Waals surface area contributed by atoms with Gasteiger partial charge in [0.25, 0.3) is 15.8 Å². The van der Waals surface area contributed by atoms with E-state index in [1.165, 1.54) is 12.1 Å². The van der Waals surface area contributed by atoms with Gasteiger partial charge in [-0.15, -0.1) is 0 Å². The van der Waals surface area contributed by atoms with Crippen LogP contribution >= 0.6 is 0 Å². The van der Waals surface area contributed by atoms with Gasteiger partial charge in [0.15, 0.2) is 23.0 Å². The monoisotopic (exact) mass is 389 g/mol. The molecule has 2 aliphatic heterocycles. The van der Waals surface area contributed by atoms with Crippen LogP contribution in [0.4, 0.5) is 5.69 Å². The minimum Gasteiger partial charge on any atom is -0.486 e. The molecule has 0 aromatic heterocycles. The predicted octanol–water partition coefficient (Wildman–Crippen LogP) is 3.30. The molecule has 2 aromatic rings. The number of anilines is 1. The SMILES string of the molecule is O=S(=O)(Nc1ccc2c(c1)OC1(CCCC1)O2)c1ccc2c(c1)OCCO2. The third-order valence-electron chi connectivity index (χ3n) is 4.98. The van der Waals surface area contributed by atoms with Crippen molar-refractivity contribution in [3.05, 3.63) is 36.4 Å². The van der Waals surface area contributed by atoms with Crippen molar-refractivity contribution >= 4 is 15.7 Å². The maximum absolute atomic E-state index is 12.8. The maximum atomic E-state index is 12.8. The van der Waals surface area contributed by atoms with E-state index in [1.54, 1.807) is 24.3 Å². The first-order chi connectivity index (χ1) is 13.0. The second-order valence-electron chi connectivity index (χ2n) is 6.89. The first-order valence-corrected chi connectivity index (χ1v) is 10.5. The lowest BCUT2D eigenvalue weighted by molar-refractivity contribution is -0.0716. The van der Waals surface area contributed by atoms with Crippen molar-refractivity contribution in [1.29, 1.82) is 0 Å². The van der Waals surface area contributed by atoms with Gasteiger partial charge in [0, 0.05) is 25.0 Å². The predicted molar refractivity (Wildman–Crippen MR) is 97.1 cm³/mol. The van der Waals surface area contributed by atoms with Crippen LogP contribution < -0.4 is 23.7 Å². The number of ether oxygens (including phenoxy) is 4. The molecule has 142 valence electrons. The molecule has 0 amide bonds. The molecule has 1 saturated carbocycles. The van der Waals surface area contributed by atoms with Crippen molar-refractivity contribution in [2.24, 2.45) is 0 Å². The van der Waals surface area contributed by atoms with Gasteiger partial charge in [-0.05, 0) is 37.1 Å². The molecule has 27 heavy (non-hydrogen) atoms. The summed E-state index contributed by atoms with van der Waals surface area (Å²) >= 11 is 0. The van der Waals surface area contributed by atoms with Crippen LogP contribution in [0.25, 0.3) is 0 Å². The van der Waals surface area contributed by atoms with E-state index in [0.717, 1.165) is 25.7 Å². The van der Waals surface area contributed by atoms with E-state index >= 15 is 0 Å². The molecule has 3 aliphatic rings. The lowest BCUT2D eigenvalue weighted by Gasteiger charge is -2.21. The number of hydrogen-bond acceptors (Lipinski definition) is 6. The molecule has 0 bridgehead atoms. The zero-order chi connectivity index (χ0) is 18.5. The van der Waals surface area contributed by atoms with Gasteiger partial charge in [-0.2, -0.15) is 0 Å². The fourth-order valence-corrected chi connectivity index (χ4v) is 4.74. The third-order valence-corrected chi connectivity index (χ3v) is 6.36. The van der Waals surface area contributed by atoms with Gasteiger partial charge < -0.3 is 18.9 Å². The summed E-state index contributed by atoms with van der Waals surface area (Å²) < 4.78 is 51.0. The molecule has 2 aromatic carbocycles. The summed E-state index contributed by atoms with van der Waals surface area (Å²) in [5.74, 6) is 1.62. The van der Waals surface area contributed by atoms with Gasteiger partial charge in [0.1, 0.15) is 13.2 Å². The van der Waals surface area contributed by atoms with Crippen LogP contribution in [0.5, 0.6) is 23.0 Å². The summed E-state index contributed by atoms with van der Waals surface area (Å²) in [4.78, 5) is 0.108. The van der Waals surface area contributed by atoms with Crippen molar-refractivity contribution in [3.8, 4) is 23.0 Å². The molecule has 1 fully saturated rings. The summed E-state index contributed by atoms with van der Waals surface area (Å²) in [5.41, 5.74) is 0.419. The molecule has 1 spiro atoms. The summed E-state index contributed by atoms with van der Waals surface area (Å²) in [6, 6.07) is 9.65. The first kappa shape index (κ1) is 16.6. The van der Waals surface area contributed by atoms with Crippen LogP contribution in [0.3, 0.4) is 0 Å². The number of sulfonamides is 1. The highest BCUT2D eigenvalue weighted by atomic mass is 32.2. The van der Waals surface area contributed by atoms with E-state index in [0.29, 0.717) is 41.9 Å². The van der Waals surface area contributed by atoms with E-state index in [9.17, 15) is 8.42 Å². The Bertz CT molecular complexity index is 997. The van der Waals surface area contributed by atoms with Gasteiger partial charge >= 0.3 is 0 Å². The Morgan fingerprint density at radius 3 is 2.33 bits per heavy atom. The first-order valence-electron chi connectivity index (χ1n) is 8.98. The van der Waals surface area contributed by atoms with Crippen molar-refractivity contribution in [2.75, 3.05) is 17.9 Å². The number of hydrogen-bond donors (Lipinski definition) is 1. The molecule has 2 heterocycles. The Balaban J connectivity index is 1.39. The van der Waals surface area contributed by atoms with Crippen LogP contribution in [0.15, 0.2) is 41.3 Å². The quantitative estimate of drug-likeness (QED) is 0.867. The van der Waals surface area contributed by atoms with E-state index in [4.69, 9.17) is 18.9 Å². The van der Waals surface area contributed by atoms with Crippen molar-refractivity contribution < 1.29 is 27.4 Å². The van der Waals surface area contributed by atoms with E-state index < -0.39 is 15.8 Å². The zero-order valence-electron chi connectivity index (χ0n) is 14.6. The van der Waals surface area contributed by atoms with Crippen LogP contribution in [0, 0.1) is 0 Å². The number of fused-ring (bicyclic) bond motifs is 2. The Labute approximate surface area is 157 Å². The minimum atomic E-state index is -3.77. The second kappa shape index (κ2) is 5.95. The largest absolute Gasteiger partial charge is 0.486 e. The minimum absolute atomic E-state index is 0.108. The molecule has 0 radical (unpaired) electrons. The van der Waals surface area contributed by atoms with E-state index in [-0.39, 0.29) is 4.90 Å². The maximum Gasteiger partial charge on any atom is 0.262 e. The summed E-state index contributed by atoms with van der Waals surface area (Å²) in [6.07, 6.45) is 3.83. The molecule has 0 unspecified atom stereocenters. The number of benzene rings is 2. The molecular weight excluding hydrogens is 370 g/mol. The van der Waals surface area contributed by atoms with Crippen molar-refractivity contribution in [1.82, 2.24) is 0 Å². The molecule has 0 saturated heterocycles. The highest BCUT2D eigenvalue weighted by molar-refractivity contribution is 7.92. The second-order valence-corrected chi connectivity index (χ2v) is 8.58.